The number of hydrogen-bond acceptors (Lipinski definition) is 3. The van der Waals surface area contributed by atoms with E-state index in [1.165, 1.54) is 6.07 Å². The molecular weight excluding hydrogens is 343 g/mol. The molecule has 5 nitrogen and oxygen atoms in total. The molecule has 25 heavy (non-hydrogen) atoms. The molecule has 7 heteroatoms. The lowest BCUT2D eigenvalue weighted by Gasteiger charge is -2.06. The second kappa shape index (κ2) is 8.09. The fourth-order valence-electron chi connectivity index (χ4n) is 2.23. The summed E-state index contributed by atoms with van der Waals surface area (Å²) in [4.78, 5) is 14.8. The number of H-pyrrole nitrogens is 1. The summed E-state index contributed by atoms with van der Waals surface area (Å²) in [7, 11) is 0. The minimum atomic E-state index is -0.511. The molecule has 3 rings (SSSR count). The third-order valence-corrected chi connectivity index (χ3v) is 3.81. The summed E-state index contributed by atoms with van der Waals surface area (Å²) < 4.78 is 14.8. The first-order valence-corrected chi connectivity index (χ1v) is 8.32. The summed E-state index contributed by atoms with van der Waals surface area (Å²) in [5, 5.41) is 4.33. The van der Waals surface area contributed by atoms with Crippen molar-refractivity contribution >= 4 is 11.6 Å². The maximum Gasteiger partial charge on any atom is 0.348 e. The summed E-state index contributed by atoms with van der Waals surface area (Å²) in [6.45, 7) is 5.97. The minimum absolute atomic E-state index is 0.00000513. The summed E-state index contributed by atoms with van der Waals surface area (Å²) in [6.07, 6.45) is 0. The van der Waals surface area contributed by atoms with Crippen LogP contribution in [-0.2, 0) is 6.54 Å². The summed E-state index contributed by atoms with van der Waals surface area (Å²) >= 11 is 6.05. The molecule has 0 saturated heterocycles. The molecule has 132 valence electrons. The van der Waals surface area contributed by atoms with Crippen LogP contribution in [0.1, 0.15) is 25.0 Å². The highest BCUT2D eigenvalue weighted by Gasteiger charge is 2.14. The number of aromatic nitrogens is 3. The predicted octanol–water partition coefficient (Wildman–Crippen LogP) is 3.81. The SMILES string of the molecule is CC.Cc1ccc(-c2nn(-c3cc(CN)c(F)cc3Cl)c(=O)[nH]2)cc1. The Labute approximate surface area is 150 Å². The number of aromatic amines is 1. The van der Waals surface area contributed by atoms with E-state index < -0.39 is 11.5 Å². The van der Waals surface area contributed by atoms with Gasteiger partial charge in [0.25, 0.3) is 0 Å². The number of hydrogen-bond donors (Lipinski definition) is 2. The van der Waals surface area contributed by atoms with Crippen LogP contribution in [0, 0.1) is 12.7 Å². The van der Waals surface area contributed by atoms with Crippen LogP contribution in [0.5, 0.6) is 0 Å². The standard InChI is InChI=1S/C16H14ClFN4O.C2H6/c1-9-2-4-10(5-3-9)15-20-16(23)22(21-15)14-6-11(8-19)13(18)7-12(14)17;1-2/h2-7H,8,19H2,1H3,(H,20,21,23);1-2H3. The van der Waals surface area contributed by atoms with E-state index in [1.807, 2.05) is 45.0 Å². The minimum Gasteiger partial charge on any atom is -0.326 e. The zero-order chi connectivity index (χ0) is 18.6. The van der Waals surface area contributed by atoms with Gasteiger partial charge in [0.05, 0.1) is 10.7 Å². The molecule has 0 radical (unpaired) electrons. The molecule has 1 heterocycles. The fourth-order valence-corrected chi connectivity index (χ4v) is 2.46. The smallest absolute Gasteiger partial charge is 0.326 e. The van der Waals surface area contributed by atoms with Gasteiger partial charge in [0.2, 0.25) is 0 Å². The lowest BCUT2D eigenvalue weighted by atomic mass is 10.1. The van der Waals surface area contributed by atoms with Gasteiger partial charge in [-0.3, -0.25) is 4.98 Å². The van der Waals surface area contributed by atoms with E-state index in [-0.39, 0.29) is 22.8 Å². The molecule has 0 saturated carbocycles. The van der Waals surface area contributed by atoms with Crippen molar-refractivity contribution in [2.45, 2.75) is 27.3 Å². The Balaban J connectivity index is 0.00000109. The maximum atomic E-state index is 13.7. The monoisotopic (exact) mass is 362 g/mol. The van der Waals surface area contributed by atoms with Crippen LogP contribution in [0.25, 0.3) is 17.1 Å². The molecule has 0 unspecified atom stereocenters. The molecule has 0 aliphatic heterocycles. The van der Waals surface area contributed by atoms with Crippen molar-refractivity contribution in [3.05, 3.63) is 68.8 Å². The molecule has 0 spiro atoms. The van der Waals surface area contributed by atoms with E-state index in [0.717, 1.165) is 21.9 Å². The van der Waals surface area contributed by atoms with Crippen molar-refractivity contribution in [3.63, 3.8) is 0 Å². The van der Waals surface area contributed by atoms with Crippen LogP contribution in [0.15, 0.2) is 41.2 Å². The van der Waals surface area contributed by atoms with Gasteiger partial charge in [0.15, 0.2) is 5.82 Å². The predicted molar refractivity (Wildman–Crippen MR) is 98.6 cm³/mol. The molecule has 3 N–H and O–H groups in total. The lowest BCUT2D eigenvalue weighted by Crippen LogP contribution is -2.17. The molecule has 1 aromatic heterocycles. The van der Waals surface area contributed by atoms with E-state index in [4.69, 9.17) is 17.3 Å². The van der Waals surface area contributed by atoms with E-state index in [9.17, 15) is 9.18 Å². The van der Waals surface area contributed by atoms with Gasteiger partial charge in [-0.05, 0) is 19.1 Å². The normalized spacial score (nSPS) is 10.3. The van der Waals surface area contributed by atoms with Crippen molar-refractivity contribution in [1.82, 2.24) is 14.8 Å². The van der Waals surface area contributed by atoms with Crippen LogP contribution in [0.3, 0.4) is 0 Å². The number of rotatable bonds is 3. The number of benzene rings is 2. The average Bonchev–Trinajstić information content (AvgIpc) is 2.99. The highest BCUT2D eigenvalue weighted by molar-refractivity contribution is 6.32. The van der Waals surface area contributed by atoms with E-state index in [2.05, 4.69) is 10.1 Å². The van der Waals surface area contributed by atoms with E-state index in [1.54, 1.807) is 0 Å². The Bertz CT molecular complexity index is 916. The van der Waals surface area contributed by atoms with Gasteiger partial charge < -0.3 is 5.73 Å². The summed E-state index contributed by atoms with van der Waals surface area (Å²) in [5.41, 5.74) is 7.45. The lowest BCUT2D eigenvalue weighted by molar-refractivity contribution is 0.609. The number of nitrogens with one attached hydrogen (secondary N) is 1. The topological polar surface area (TPSA) is 76.7 Å². The van der Waals surface area contributed by atoms with Crippen molar-refractivity contribution in [2.75, 3.05) is 0 Å². The molecule has 3 aromatic rings. The first kappa shape index (κ1) is 18.9. The zero-order valence-electron chi connectivity index (χ0n) is 14.3. The van der Waals surface area contributed by atoms with Crippen LogP contribution in [0.2, 0.25) is 5.02 Å². The Hall–Kier alpha value is -2.44. The van der Waals surface area contributed by atoms with Gasteiger partial charge in [-0.2, -0.15) is 4.68 Å². The quantitative estimate of drug-likeness (QED) is 0.743. The number of halogens is 2. The maximum absolute atomic E-state index is 13.7. The number of nitrogens with two attached hydrogens (primary N) is 1. The Morgan fingerprint density at radius 3 is 2.48 bits per heavy atom. The molecule has 0 aliphatic rings. The Morgan fingerprint density at radius 1 is 1.24 bits per heavy atom. The third kappa shape index (κ3) is 3.97. The van der Waals surface area contributed by atoms with Gasteiger partial charge in [-0.1, -0.05) is 55.3 Å². The second-order valence-corrected chi connectivity index (χ2v) is 5.56. The van der Waals surface area contributed by atoms with Crippen molar-refractivity contribution in [3.8, 4) is 17.1 Å². The highest BCUT2D eigenvalue weighted by atomic mass is 35.5. The van der Waals surface area contributed by atoms with Crippen molar-refractivity contribution < 1.29 is 4.39 Å². The van der Waals surface area contributed by atoms with Crippen LogP contribution < -0.4 is 11.4 Å². The number of aryl methyl sites for hydroxylation is 1. The summed E-state index contributed by atoms with van der Waals surface area (Å²) in [5.74, 6) is -0.103. The van der Waals surface area contributed by atoms with Crippen LogP contribution in [-0.4, -0.2) is 14.8 Å². The Kier molecular flexibility index (Phi) is 6.12. The van der Waals surface area contributed by atoms with Crippen molar-refractivity contribution in [1.29, 1.82) is 0 Å². The van der Waals surface area contributed by atoms with Gasteiger partial charge in [-0.25, -0.2) is 9.18 Å². The van der Waals surface area contributed by atoms with Crippen LogP contribution in [0.4, 0.5) is 4.39 Å². The molecule has 2 aromatic carbocycles. The molecule has 0 fully saturated rings. The van der Waals surface area contributed by atoms with Gasteiger partial charge in [-0.15, -0.1) is 5.10 Å². The Morgan fingerprint density at radius 2 is 1.88 bits per heavy atom. The second-order valence-electron chi connectivity index (χ2n) is 5.16. The molecular formula is C18H20ClFN4O. The van der Waals surface area contributed by atoms with E-state index >= 15 is 0 Å². The largest absolute Gasteiger partial charge is 0.348 e. The number of nitrogens with zero attached hydrogens (tertiary/aromatic N) is 2. The third-order valence-electron chi connectivity index (χ3n) is 3.51. The average molecular weight is 363 g/mol. The first-order valence-electron chi connectivity index (χ1n) is 7.94. The summed E-state index contributed by atoms with van der Waals surface area (Å²) in [6, 6.07) is 10.1. The van der Waals surface area contributed by atoms with Gasteiger partial charge in [0, 0.05) is 17.7 Å². The highest BCUT2D eigenvalue weighted by Crippen LogP contribution is 2.24. The molecule has 0 amide bonds. The zero-order valence-corrected chi connectivity index (χ0v) is 15.1. The van der Waals surface area contributed by atoms with Gasteiger partial charge in [0.1, 0.15) is 5.82 Å². The van der Waals surface area contributed by atoms with Crippen molar-refractivity contribution in [2.24, 2.45) is 5.73 Å². The van der Waals surface area contributed by atoms with Crippen LogP contribution >= 0.6 is 11.6 Å². The molecule has 0 aliphatic carbocycles. The molecule has 0 atom stereocenters. The van der Waals surface area contributed by atoms with Gasteiger partial charge >= 0.3 is 5.69 Å². The fraction of sp³-hybridized carbons (Fsp3) is 0.222. The molecule has 0 bridgehead atoms. The first-order chi connectivity index (χ1) is 12.0. The van der Waals surface area contributed by atoms with E-state index in [0.29, 0.717) is 5.82 Å².